The van der Waals surface area contributed by atoms with Gasteiger partial charge in [0.15, 0.2) is 0 Å². The third-order valence-corrected chi connectivity index (χ3v) is 1.25. The summed E-state index contributed by atoms with van der Waals surface area (Å²) in [6, 6.07) is 0. The number of nitrogen functional groups attached to an aromatic ring is 1. The molecule has 0 radical (unpaired) electrons. The summed E-state index contributed by atoms with van der Waals surface area (Å²) in [5, 5.41) is 0.650. The smallest absolute Gasteiger partial charge is 0.219 e. The van der Waals surface area contributed by atoms with Gasteiger partial charge >= 0.3 is 0 Å². The minimum Gasteiger partial charge on any atom is -0.368 e. The van der Waals surface area contributed by atoms with E-state index in [1.807, 2.05) is 0 Å². The first-order valence-electron chi connectivity index (χ1n) is 2.95. The predicted molar refractivity (Wildman–Crippen MR) is 47.1 cm³/mol. The highest BCUT2D eigenvalue weighted by molar-refractivity contribution is 9.09. The molecule has 0 atom stereocenters. The Balaban J connectivity index is 2.82. The summed E-state index contributed by atoms with van der Waals surface area (Å²) < 4.78 is 0. The fraction of sp³-hybridized carbons (Fsp3) is 0.143. The van der Waals surface area contributed by atoms with Crippen LogP contribution in [-0.2, 0) is 0 Å². The Morgan fingerprint density at radius 3 is 2.64 bits per heavy atom. The van der Waals surface area contributed by atoms with Gasteiger partial charge in [0.25, 0.3) is 0 Å². The van der Waals surface area contributed by atoms with E-state index in [4.69, 9.17) is 5.73 Å². The van der Waals surface area contributed by atoms with E-state index >= 15 is 0 Å². The van der Waals surface area contributed by atoms with Gasteiger partial charge in [0.05, 0.1) is 10.9 Å². The number of halogens is 1. The van der Waals surface area contributed by atoms with Crippen molar-refractivity contribution in [1.29, 1.82) is 0 Å². The fourth-order valence-electron chi connectivity index (χ4n) is 0.538. The molecule has 1 aromatic heterocycles. The lowest BCUT2D eigenvalue weighted by Gasteiger charge is -1.88. The van der Waals surface area contributed by atoms with Crippen LogP contribution in [0.1, 0.15) is 5.56 Å². The van der Waals surface area contributed by atoms with Crippen molar-refractivity contribution in [3.63, 3.8) is 0 Å². The zero-order valence-electron chi connectivity index (χ0n) is 5.71. The molecular weight excluding hydrogens is 206 g/mol. The van der Waals surface area contributed by atoms with E-state index in [-0.39, 0.29) is 5.95 Å². The molecular formula is C7H6BrN3. The molecule has 11 heavy (non-hydrogen) atoms. The Kier molecular flexibility index (Phi) is 2.87. The van der Waals surface area contributed by atoms with Gasteiger partial charge in [0, 0.05) is 12.4 Å². The maximum atomic E-state index is 5.28. The van der Waals surface area contributed by atoms with Crippen LogP contribution in [0.3, 0.4) is 0 Å². The van der Waals surface area contributed by atoms with Crippen molar-refractivity contribution in [2.24, 2.45) is 0 Å². The first-order chi connectivity index (χ1) is 5.33. The van der Waals surface area contributed by atoms with Crippen LogP contribution in [0.4, 0.5) is 5.95 Å². The number of hydrogen-bond donors (Lipinski definition) is 1. The Bertz CT molecular complexity index is 283. The molecule has 0 aliphatic rings. The van der Waals surface area contributed by atoms with E-state index in [9.17, 15) is 0 Å². The molecule has 0 saturated carbocycles. The Hall–Kier alpha value is -1.08. The highest BCUT2D eigenvalue weighted by Gasteiger charge is 1.87. The molecule has 0 unspecified atom stereocenters. The Morgan fingerprint density at radius 2 is 2.09 bits per heavy atom. The lowest BCUT2D eigenvalue weighted by atomic mass is 10.3. The van der Waals surface area contributed by atoms with Gasteiger partial charge in [0.1, 0.15) is 0 Å². The molecule has 0 aliphatic carbocycles. The van der Waals surface area contributed by atoms with Crippen molar-refractivity contribution in [3.05, 3.63) is 18.0 Å². The Labute approximate surface area is 73.2 Å². The summed E-state index contributed by atoms with van der Waals surface area (Å²) in [4.78, 5) is 7.56. The van der Waals surface area contributed by atoms with Crippen molar-refractivity contribution in [2.75, 3.05) is 11.1 Å². The maximum absolute atomic E-state index is 5.28. The molecule has 2 N–H and O–H groups in total. The molecule has 1 rings (SSSR count). The second kappa shape index (κ2) is 3.94. The van der Waals surface area contributed by atoms with Crippen molar-refractivity contribution < 1.29 is 0 Å². The molecule has 1 aromatic rings. The zero-order valence-corrected chi connectivity index (χ0v) is 7.30. The minimum absolute atomic E-state index is 0.273. The average Bonchev–Trinajstić information content (AvgIpc) is 2.04. The van der Waals surface area contributed by atoms with Crippen LogP contribution >= 0.6 is 15.9 Å². The van der Waals surface area contributed by atoms with Crippen LogP contribution in [-0.4, -0.2) is 15.3 Å². The van der Waals surface area contributed by atoms with Gasteiger partial charge < -0.3 is 5.73 Å². The van der Waals surface area contributed by atoms with Gasteiger partial charge in [-0.1, -0.05) is 27.8 Å². The number of anilines is 1. The monoisotopic (exact) mass is 211 g/mol. The van der Waals surface area contributed by atoms with E-state index in [2.05, 4.69) is 37.7 Å². The molecule has 0 saturated heterocycles. The van der Waals surface area contributed by atoms with Gasteiger partial charge in [-0.2, -0.15) is 0 Å². The Morgan fingerprint density at radius 1 is 1.45 bits per heavy atom. The lowest BCUT2D eigenvalue weighted by molar-refractivity contribution is 1.17. The largest absolute Gasteiger partial charge is 0.368 e. The molecule has 0 spiro atoms. The van der Waals surface area contributed by atoms with Crippen LogP contribution < -0.4 is 5.73 Å². The van der Waals surface area contributed by atoms with Crippen LogP contribution in [0, 0.1) is 11.8 Å². The van der Waals surface area contributed by atoms with Crippen molar-refractivity contribution in [1.82, 2.24) is 9.97 Å². The van der Waals surface area contributed by atoms with Crippen LogP contribution in [0.5, 0.6) is 0 Å². The van der Waals surface area contributed by atoms with Crippen LogP contribution in [0.15, 0.2) is 12.4 Å². The van der Waals surface area contributed by atoms with E-state index in [1.165, 1.54) is 0 Å². The second-order valence-corrected chi connectivity index (χ2v) is 2.33. The molecule has 0 bridgehead atoms. The zero-order chi connectivity index (χ0) is 8.10. The third kappa shape index (κ3) is 2.56. The number of nitrogens with zero attached hydrogens (tertiary/aromatic N) is 2. The van der Waals surface area contributed by atoms with E-state index in [0.29, 0.717) is 5.33 Å². The first-order valence-corrected chi connectivity index (χ1v) is 4.07. The second-order valence-electron chi connectivity index (χ2n) is 1.77. The number of rotatable bonds is 0. The summed E-state index contributed by atoms with van der Waals surface area (Å²) >= 11 is 3.18. The van der Waals surface area contributed by atoms with E-state index < -0.39 is 0 Å². The standard InChI is InChI=1S/C7H6BrN3/c8-3-1-2-6-4-10-7(9)11-5-6/h4-5H,3H2,(H2,9,10,11). The minimum atomic E-state index is 0.273. The molecule has 0 aliphatic heterocycles. The summed E-state index contributed by atoms with van der Waals surface area (Å²) in [6.45, 7) is 0. The highest BCUT2D eigenvalue weighted by atomic mass is 79.9. The summed E-state index contributed by atoms with van der Waals surface area (Å²) in [6.07, 6.45) is 3.19. The normalized spacial score (nSPS) is 8.45. The molecule has 56 valence electrons. The molecule has 0 amide bonds. The first kappa shape index (κ1) is 8.02. The number of alkyl halides is 1. The molecule has 0 fully saturated rings. The van der Waals surface area contributed by atoms with Gasteiger partial charge in [-0.05, 0) is 0 Å². The molecule has 0 aromatic carbocycles. The van der Waals surface area contributed by atoms with E-state index in [1.54, 1.807) is 12.4 Å². The molecule has 3 nitrogen and oxygen atoms in total. The van der Waals surface area contributed by atoms with Gasteiger partial charge in [0.2, 0.25) is 5.95 Å². The van der Waals surface area contributed by atoms with Crippen molar-refractivity contribution in [2.45, 2.75) is 0 Å². The van der Waals surface area contributed by atoms with Crippen LogP contribution in [0.2, 0.25) is 0 Å². The van der Waals surface area contributed by atoms with Crippen LogP contribution in [0.25, 0.3) is 0 Å². The SMILES string of the molecule is Nc1ncc(C#CCBr)cn1. The third-order valence-electron chi connectivity index (χ3n) is 0.971. The number of nitrogens with two attached hydrogens (primary N) is 1. The van der Waals surface area contributed by atoms with E-state index in [0.717, 1.165) is 5.56 Å². The van der Waals surface area contributed by atoms with Gasteiger partial charge in [-0.25, -0.2) is 9.97 Å². The summed E-state index contributed by atoms with van der Waals surface area (Å²) in [5.74, 6) is 5.95. The van der Waals surface area contributed by atoms with Crippen molar-refractivity contribution >= 4 is 21.9 Å². The number of hydrogen-bond acceptors (Lipinski definition) is 3. The highest BCUT2D eigenvalue weighted by Crippen LogP contribution is 1.93. The average molecular weight is 212 g/mol. The summed E-state index contributed by atoms with van der Waals surface area (Å²) in [5.41, 5.74) is 6.05. The van der Waals surface area contributed by atoms with Crippen molar-refractivity contribution in [3.8, 4) is 11.8 Å². The number of aromatic nitrogens is 2. The maximum Gasteiger partial charge on any atom is 0.219 e. The molecule has 1 heterocycles. The van der Waals surface area contributed by atoms with Gasteiger partial charge in [-0.3, -0.25) is 0 Å². The van der Waals surface area contributed by atoms with Gasteiger partial charge in [-0.15, -0.1) is 0 Å². The fourth-order valence-corrected chi connectivity index (χ4v) is 0.678. The topological polar surface area (TPSA) is 51.8 Å². The summed E-state index contributed by atoms with van der Waals surface area (Å²) in [7, 11) is 0. The quantitative estimate of drug-likeness (QED) is 0.511. The predicted octanol–water partition coefficient (Wildman–Crippen LogP) is 0.805. The lowest BCUT2D eigenvalue weighted by Crippen LogP contribution is -1.93. The molecule has 4 heteroatoms.